The second-order valence-corrected chi connectivity index (χ2v) is 5.59. The van der Waals surface area contributed by atoms with Crippen LogP contribution in [0.5, 0.6) is 5.75 Å². The maximum absolute atomic E-state index is 5.91. The minimum absolute atomic E-state index is 0.458. The molecule has 0 unspecified atom stereocenters. The van der Waals surface area contributed by atoms with Crippen LogP contribution in [0.1, 0.15) is 18.9 Å². The standard InChI is InChI=1S/C15H16BrClN2O/c1-2-7-18-15-11(4-3-8-19-15)10-20-14-6-5-12(17)9-13(14)16/h3-6,8-9H,2,7,10H2,1H3,(H,18,19). The Morgan fingerprint density at radius 2 is 2.20 bits per heavy atom. The van der Waals surface area contributed by atoms with Crippen molar-refractivity contribution in [3.63, 3.8) is 0 Å². The Morgan fingerprint density at radius 3 is 2.95 bits per heavy atom. The number of benzene rings is 1. The molecule has 3 nitrogen and oxygen atoms in total. The lowest BCUT2D eigenvalue weighted by Crippen LogP contribution is -2.07. The molecule has 0 aliphatic rings. The Balaban J connectivity index is 2.06. The van der Waals surface area contributed by atoms with Crippen LogP contribution in [-0.4, -0.2) is 11.5 Å². The largest absolute Gasteiger partial charge is 0.488 e. The minimum Gasteiger partial charge on any atom is -0.488 e. The maximum Gasteiger partial charge on any atom is 0.134 e. The number of hydrogen-bond donors (Lipinski definition) is 1. The molecule has 2 rings (SSSR count). The topological polar surface area (TPSA) is 34.2 Å². The highest BCUT2D eigenvalue weighted by Crippen LogP contribution is 2.29. The lowest BCUT2D eigenvalue weighted by molar-refractivity contribution is 0.304. The van der Waals surface area contributed by atoms with E-state index in [-0.39, 0.29) is 0 Å². The van der Waals surface area contributed by atoms with Gasteiger partial charge in [0.25, 0.3) is 0 Å². The van der Waals surface area contributed by atoms with Gasteiger partial charge in [-0.3, -0.25) is 0 Å². The van der Waals surface area contributed by atoms with Crippen molar-refractivity contribution in [1.29, 1.82) is 0 Å². The molecule has 1 N–H and O–H groups in total. The van der Waals surface area contributed by atoms with E-state index in [2.05, 4.69) is 33.2 Å². The van der Waals surface area contributed by atoms with Crippen molar-refractivity contribution in [1.82, 2.24) is 4.98 Å². The van der Waals surface area contributed by atoms with Crippen molar-refractivity contribution < 1.29 is 4.74 Å². The third kappa shape index (κ3) is 4.12. The number of hydrogen-bond acceptors (Lipinski definition) is 3. The van der Waals surface area contributed by atoms with E-state index in [0.29, 0.717) is 11.6 Å². The average Bonchev–Trinajstić information content (AvgIpc) is 2.45. The Bertz CT molecular complexity index is 578. The quantitative estimate of drug-likeness (QED) is 0.800. The summed E-state index contributed by atoms with van der Waals surface area (Å²) in [6, 6.07) is 9.39. The van der Waals surface area contributed by atoms with E-state index in [9.17, 15) is 0 Å². The predicted molar refractivity (Wildman–Crippen MR) is 86.5 cm³/mol. The highest BCUT2D eigenvalue weighted by molar-refractivity contribution is 9.10. The number of nitrogens with one attached hydrogen (secondary N) is 1. The number of pyridine rings is 1. The Morgan fingerprint density at radius 1 is 1.35 bits per heavy atom. The Labute approximate surface area is 132 Å². The van der Waals surface area contributed by atoms with Crippen LogP contribution in [0, 0.1) is 0 Å². The van der Waals surface area contributed by atoms with Crippen LogP contribution >= 0.6 is 27.5 Å². The maximum atomic E-state index is 5.91. The number of nitrogens with zero attached hydrogens (tertiary/aromatic N) is 1. The predicted octanol–water partition coefficient (Wildman–Crippen LogP) is 4.90. The van der Waals surface area contributed by atoms with E-state index in [1.54, 1.807) is 12.3 Å². The zero-order valence-electron chi connectivity index (χ0n) is 11.2. The fourth-order valence-corrected chi connectivity index (χ4v) is 2.50. The summed E-state index contributed by atoms with van der Waals surface area (Å²) in [6.45, 7) is 3.48. The fourth-order valence-electron chi connectivity index (χ4n) is 1.71. The van der Waals surface area contributed by atoms with E-state index >= 15 is 0 Å². The van der Waals surface area contributed by atoms with Crippen LogP contribution in [0.15, 0.2) is 41.0 Å². The highest BCUT2D eigenvalue weighted by atomic mass is 79.9. The van der Waals surface area contributed by atoms with Crippen molar-refractivity contribution in [3.8, 4) is 5.75 Å². The summed E-state index contributed by atoms with van der Waals surface area (Å²) in [5.41, 5.74) is 1.03. The van der Waals surface area contributed by atoms with Gasteiger partial charge in [-0.15, -0.1) is 0 Å². The highest BCUT2D eigenvalue weighted by Gasteiger charge is 2.06. The monoisotopic (exact) mass is 354 g/mol. The average molecular weight is 356 g/mol. The van der Waals surface area contributed by atoms with Gasteiger partial charge in [-0.25, -0.2) is 4.98 Å². The molecule has 0 saturated heterocycles. The van der Waals surface area contributed by atoms with Crippen molar-refractivity contribution >= 4 is 33.3 Å². The molecule has 5 heteroatoms. The Kier molecular flexibility index (Phi) is 5.68. The first-order chi connectivity index (χ1) is 9.70. The molecule has 20 heavy (non-hydrogen) atoms. The second-order valence-electron chi connectivity index (χ2n) is 4.30. The number of halogens is 2. The van der Waals surface area contributed by atoms with E-state index in [0.717, 1.165) is 34.6 Å². The summed E-state index contributed by atoms with van der Waals surface area (Å²) in [6.07, 6.45) is 2.83. The summed E-state index contributed by atoms with van der Waals surface area (Å²) >= 11 is 9.35. The van der Waals surface area contributed by atoms with E-state index < -0.39 is 0 Å². The molecule has 0 amide bonds. The SMILES string of the molecule is CCCNc1ncccc1COc1ccc(Cl)cc1Br. The van der Waals surface area contributed by atoms with E-state index in [1.807, 2.05) is 24.3 Å². The lowest BCUT2D eigenvalue weighted by Gasteiger charge is -2.12. The lowest BCUT2D eigenvalue weighted by atomic mass is 10.2. The summed E-state index contributed by atoms with van der Waals surface area (Å²) in [4.78, 5) is 4.34. The first kappa shape index (κ1) is 15.1. The molecule has 0 aliphatic heterocycles. The molecule has 0 saturated carbocycles. The molecule has 0 radical (unpaired) electrons. The van der Waals surface area contributed by atoms with Gasteiger partial charge in [0, 0.05) is 23.3 Å². The van der Waals surface area contributed by atoms with E-state index in [1.165, 1.54) is 0 Å². The Hall–Kier alpha value is -1.26. The number of ether oxygens (including phenoxy) is 1. The number of anilines is 1. The van der Waals surface area contributed by atoms with Crippen LogP contribution < -0.4 is 10.1 Å². The summed E-state index contributed by atoms with van der Waals surface area (Å²) in [5.74, 6) is 1.64. The van der Waals surface area contributed by atoms with Crippen LogP contribution in [0.4, 0.5) is 5.82 Å². The summed E-state index contributed by atoms with van der Waals surface area (Å²) in [7, 11) is 0. The third-order valence-electron chi connectivity index (χ3n) is 2.71. The summed E-state index contributed by atoms with van der Waals surface area (Å²) in [5, 5.41) is 3.98. The molecule has 0 aliphatic carbocycles. The zero-order chi connectivity index (χ0) is 14.4. The molecule has 1 aromatic carbocycles. The van der Waals surface area contributed by atoms with Crippen molar-refractivity contribution in [2.24, 2.45) is 0 Å². The van der Waals surface area contributed by atoms with Crippen LogP contribution in [-0.2, 0) is 6.61 Å². The molecular weight excluding hydrogens is 340 g/mol. The summed E-state index contributed by atoms with van der Waals surface area (Å²) < 4.78 is 6.66. The minimum atomic E-state index is 0.458. The molecule has 0 spiro atoms. The molecule has 106 valence electrons. The molecule has 1 heterocycles. The van der Waals surface area contributed by atoms with Crippen molar-refractivity contribution in [3.05, 3.63) is 51.6 Å². The molecule has 0 bridgehead atoms. The van der Waals surface area contributed by atoms with Gasteiger partial charge in [0.1, 0.15) is 18.2 Å². The first-order valence-corrected chi connectivity index (χ1v) is 7.63. The van der Waals surface area contributed by atoms with Gasteiger partial charge in [0.05, 0.1) is 4.47 Å². The van der Waals surface area contributed by atoms with E-state index in [4.69, 9.17) is 16.3 Å². The van der Waals surface area contributed by atoms with Gasteiger partial charge < -0.3 is 10.1 Å². The molecule has 0 atom stereocenters. The third-order valence-corrected chi connectivity index (χ3v) is 3.57. The van der Waals surface area contributed by atoms with Crippen LogP contribution in [0.25, 0.3) is 0 Å². The van der Waals surface area contributed by atoms with Crippen molar-refractivity contribution in [2.45, 2.75) is 20.0 Å². The van der Waals surface area contributed by atoms with Gasteiger partial charge in [-0.2, -0.15) is 0 Å². The van der Waals surface area contributed by atoms with Gasteiger partial charge in [0.15, 0.2) is 0 Å². The van der Waals surface area contributed by atoms with Crippen molar-refractivity contribution in [2.75, 3.05) is 11.9 Å². The number of aromatic nitrogens is 1. The van der Waals surface area contributed by atoms with Gasteiger partial charge >= 0.3 is 0 Å². The normalized spacial score (nSPS) is 10.3. The van der Waals surface area contributed by atoms with Gasteiger partial charge in [-0.05, 0) is 46.6 Å². The molecule has 1 aromatic heterocycles. The second kappa shape index (κ2) is 7.50. The fraction of sp³-hybridized carbons (Fsp3) is 0.267. The number of rotatable bonds is 6. The molecular formula is C15H16BrClN2O. The first-order valence-electron chi connectivity index (χ1n) is 6.46. The van der Waals surface area contributed by atoms with Gasteiger partial charge in [0.2, 0.25) is 0 Å². The smallest absolute Gasteiger partial charge is 0.134 e. The van der Waals surface area contributed by atoms with Gasteiger partial charge in [-0.1, -0.05) is 24.6 Å². The molecule has 2 aromatic rings. The molecule has 0 fully saturated rings. The van der Waals surface area contributed by atoms with Crippen LogP contribution in [0.3, 0.4) is 0 Å². The van der Waals surface area contributed by atoms with Crippen LogP contribution in [0.2, 0.25) is 5.02 Å². The zero-order valence-corrected chi connectivity index (χ0v) is 13.5.